The number of nitrogens with zero attached hydrogens (tertiary/aromatic N) is 1. The van der Waals surface area contributed by atoms with Crippen molar-refractivity contribution in [1.29, 1.82) is 0 Å². The predicted octanol–water partition coefficient (Wildman–Crippen LogP) is 1.61. The van der Waals surface area contributed by atoms with Gasteiger partial charge in [-0.3, -0.25) is 4.79 Å². The van der Waals surface area contributed by atoms with E-state index in [0.717, 1.165) is 12.8 Å². The summed E-state index contributed by atoms with van der Waals surface area (Å²) in [6.45, 7) is 2.40. The molecule has 0 aliphatic carbocycles. The summed E-state index contributed by atoms with van der Waals surface area (Å²) >= 11 is 0. The van der Waals surface area contributed by atoms with Gasteiger partial charge in [0.15, 0.2) is 0 Å². The fraction of sp³-hybridized carbons (Fsp3) is 0.500. The first-order valence-corrected chi connectivity index (χ1v) is 8.49. The Balaban J connectivity index is 1.94. The molecule has 1 amide bonds. The predicted molar refractivity (Wildman–Crippen MR) is 79.0 cm³/mol. The molecule has 0 bridgehead atoms. The molecule has 6 heteroatoms. The van der Waals surface area contributed by atoms with Crippen LogP contribution in [0.5, 0.6) is 0 Å². The van der Waals surface area contributed by atoms with E-state index < -0.39 is 10.0 Å². The number of carbonyl (C=O) groups is 1. The zero-order chi connectivity index (χ0) is 14.6. The van der Waals surface area contributed by atoms with Crippen molar-refractivity contribution < 1.29 is 13.2 Å². The number of hydrogen-bond donors (Lipinski definition) is 1. The molecule has 1 aromatic rings. The Morgan fingerprint density at radius 1 is 1.25 bits per heavy atom. The first kappa shape index (κ1) is 15.0. The summed E-state index contributed by atoms with van der Waals surface area (Å²) in [4.78, 5) is 11.9. The van der Waals surface area contributed by atoms with Crippen molar-refractivity contribution in [3.8, 4) is 0 Å². The third kappa shape index (κ3) is 3.80. The Bertz CT molecular complexity index is 567. The van der Waals surface area contributed by atoms with Crippen molar-refractivity contribution >= 4 is 21.6 Å². The Morgan fingerprint density at radius 3 is 2.55 bits per heavy atom. The molecule has 20 heavy (non-hydrogen) atoms. The first-order chi connectivity index (χ1) is 9.51. The lowest BCUT2D eigenvalue weighted by atomic mass is 10.1. The summed E-state index contributed by atoms with van der Waals surface area (Å²) in [5.74, 6) is -0.148. The van der Waals surface area contributed by atoms with Gasteiger partial charge in [0.1, 0.15) is 0 Å². The number of nitrogens with one attached hydrogen (secondary N) is 1. The zero-order valence-corrected chi connectivity index (χ0v) is 12.4. The van der Waals surface area contributed by atoms with Gasteiger partial charge in [0.2, 0.25) is 15.9 Å². The van der Waals surface area contributed by atoms with Crippen LogP contribution in [0.4, 0.5) is 5.69 Å². The molecule has 0 unspecified atom stereocenters. The van der Waals surface area contributed by atoms with Gasteiger partial charge in [-0.15, -0.1) is 0 Å². The van der Waals surface area contributed by atoms with E-state index in [-0.39, 0.29) is 18.2 Å². The van der Waals surface area contributed by atoms with Crippen LogP contribution in [-0.2, 0) is 21.2 Å². The molecule has 1 heterocycles. The summed E-state index contributed by atoms with van der Waals surface area (Å²) in [7, 11) is -3.25. The van der Waals surface area contributed by atoms with E-state index in [9.17, 15) is 13.2 Å². The maximum absolute atomic E-state index is 11.9. The molecule has 0 spiro atoms. The standard InChI is InChI=1S/C14H20N2O3S/c1-2-12-5-7-13(8-6-12)15-14(17)11-16-9-3-4-10-20(16,18)19/h5-8H,2-4,9-11H2,1H3,(H,15,17). The highest BCUT2D eigenvalue weighted by Gasteiger charge is 2.27. The molecule has 0 saturated carbocycles. The highest BCUT2D eigenvalue weighted by atomic mass is 32.2. The van der Waals surface area contributed by atoms with Gasteiger partial charge in [0.25, 0.3) is 0 Å². The SMILES string of the molecule is CCc1ccc(NC(=O)CN2CCCCS2(=O)=O)cc1. The molecule has 0 aromatic heterocycles. The van der Waals surface area contributed by atoms with Crippen molar-refractivity contribution in [2.45, 2.75) is 26.2 Å². The number of carbonyl (C=O) groups excluding carboxylic acids is 1. The largest absolute Gasteiger partial charge is 0.325 e. The highest BCUT2D eigenvalue weighted by molar-refractivity contribution is 7.89. The van der Waals surface area contributed by atoms with E-state index in [1.165, 1.54) is 9.87 Å². The Labute approximate surface area is 120 Å². The average Bonchev–Trinajstić information content (AvgIpc) is 2.42. The van der Waals surface area contributed by atoms with Crippen molar-refractivity contribution in [3.63, 3.8) is 0 Å². The molecule has 110 valence electrons. The lowest BCUT2D eigenvalue weighted by Gasteiger charge is -2.25. The van der Waals surface area contributed by atoms with E-state index in [4.69, 9.17) is 0 Å². The van der Waals surface area contributed by atoms with Crippen LogP contribution in [0.15, 0.2) is 24.3 Å². The quantitative estimate of drug-likeness (QED) is 0.918. The number of sulfonamides is 1. The van der Waals surface area contributed by atoms with E-state index in [0.29, 0.717) is 18.7 Å². The maximum atomic E-state index is 11.9. The lowest BCUT2D eigenvalue weighted by Crippen LogP contribution is -2.42. The van der Waals surface area contributed by atoms with Crippen molar-refractivity contribution in [1.82, 2.24) is 4.31 Å². The third-order valence-electron chi connectivity index (χ3n) is 3.42. The molecular weight excluding hydrogens is 276 g/mol. The molecule has 1 aromatic carbocycles. The Kier molecular flexibility index (Phi) is 4.77. The van der Waals surface area contributed by atoms with E-state index in [2.05, 4.69) is 12.2 Å². The number of rotatable bonds is 4. The molecule has 2 rings (SSSR count). The second-order valence-corrected chi connectivity index (χ2v) is 7.04. The van der Waals surface area contributed by atoms with Crippen LogP contribution in [0.2, 0.25) is 0 Å². The molecule has 1 saturated heterocycles. The van der Waals surface area contributed by atoms with Crippen LogP contribution in [0.3, 0.4) is 0 Å². The van der Waals surface area contributed by atoms with Crippen LogP contribution in [0.25, 0.3) is 0 Å². The van der Waals surface area contributed by atoms with Gasteiger partial charge < -0.3 is 5.32 Å². The minimum absolute atomic E-state index is 0.0993. The normalized spacial score (nSPS) is 18.6. The van der Waals surface area contributed by atoms with E-state index >= 15 is 0 Å². The van der Waals surface area contributed by atoms with Crippen LogP contribution in [0.1, 0.15) is 25.3 Å². The summed E-state index contributed by atoms with van der Waals surface area (Å²) in [5, 5.41) is 2.73. The lowest BCUT2D eigenvalue weighted by molar-refractivity contribution is -0.116. The van der Waals surface area contributed by atoms with Crippen LogP contribution in [0, 0.1) is 0 Å². The summed E-state index contributed by atoms with van der Waals surface area (Å²) in [5.41, 5.74) is 1.89. The highest BCUT2D eigenvalue weighted by Crippen LogP contribution is 2.14. The fourth-order valence-corrected chi connectivity index (χ4v) is 3.75. The topological polar surface area (TPSA) is 66.5 Å². The number of amides is 1. The van der Waals surface area contributed by atoms with Crippen LogP contribution < -0.4 is 5.32 Å². The summed E-state index contributed by atoms with van der Waals surface area (Å²) in [6, 6.07) is 7.57. The molecule has 1 fully saturated rings. The van der Waals surface area contributed by atoms with E-state index in [1.54, 1.807) is 0 Å². The molecule has 5 nitrogen and oxygen atoms in total. The zero-order valence-electron chi connectivity index (χ0n) is 11.6. The number of aryl methyl sites for hydroxylation is 1. The van der Waals surface area contributed by atoms with Crippen molar-refractivity contribution in [2.24, 2.45) is 0 Å². The third-order valence-corrected chi connectivity index (χ3v) is 5.32. The molecular formula is C14H20N2O3S. The molecule has 1 aliphatic heterocycles. The second-order valence-electron chi connectivity index (χ2n) is 4.96. The second kappa shape index (κ2) is 6.37. The van der Waals surface area contributed by atoms with Gasteiger partial charge in [0, 0.05) is 12.2 Å². The van der Waals surface area contributed by atoms with E-state index in [1.807, 2.05) is 24.3 Å². The number of benzene rings is 1. The summed E-state index contributed by atoms with van der Waals surface area (Å²) in [6.07, 6.45) is 2.44. The maximum Gasteiger partial charge on any atom is 0.239 e. The van der Waals surface area contributed by atoms with Crippen LogP contribution in [-0.4, -0.2) is 37.5 Å². The monoisotopic (exact) mass is 296 g/mol. The van der Waals surface area contributed by atoms with Crippen molar-refractivity contribution in [2.75, 3.05) is 24.2 Å². The minimum atomic E-state index is -3.25. The van der Waals surface area contributed by atoms with Gasteiger partial charge in [-0.25, -0.2) is 8.42 Å². The Morgan fingerprint density at radius 2 is 1.95 bits per heavy atom. The van der Waals surface area contributed by atoms with Crippen LogP contribution >= 0.6 is 0 Å². The van der Waals surface area contributed by atoms with Crippen molar-refractivity contribution in [3.05, 3.63) is 29.8 Å². The fourth-order valence-electron chi connectivity index (χ4n) is 2.20. The van der Waals surface area contributed by atoms with Gasteiger partial charge in [0.05, 0.1) is 12.3 Å². The van der Waals surface area contributed by atoms with Gasteiger partial charge in [-0.05, 0) is 37.0 Å². The molecule has 0 radical (unpaired) electrons. The molecule has 0 atom stereocenters. The Hall–Kier alpha value is -1.40. The summed E-state index contributed by atoms with van der Waals surface area (Å²) < 4.78 is 24.9. The molecule has 1 N–H and O–H groups in total. The average molecular weight is 296 g/mol. The van der Waals surface area contributed by atoms with Gasteiger partial charge in [-0.2, -0.15) is 4.31 Å². The first-order valence-electron chi connectivity index (χ1n) is 6.88. The minimum Gasteiger partial charge on any atom is -0.325 e. The van der Waals surface area contributed by atoms with Gasteiger partial charge >= 0.3 is 0 Å². The number of anilines is 1. The van der Waals surface area contributed by atoms with Gasteiger partial charge in [-0.1, -0.05) is 19.1 Å². The molecule has 1 aliphatic rings. The number of hydrogen-bond acceptors (Lipinski definition) is 3. The smallest absolute Gasteiger partial charge is 0.239 e.